The molecule has 19 heavy (non-hydrogen) atoms. The highest BCUT2D eigenvalue weighted by Crippen LogP contribution is 2.32. The SMILES string of the molecule is CCC(N)c1ccccc1Oc1ccc(Br)cc1C. The molecule has 0 radical (unpaired) electrons. The van der Waals surface area contributed by atoms with Crippen LogP contribution in [-0.4, -0.2) is 0 Å². The zero-order valence-corrected chi connectivity index (χ0v) is 12.8. The number of rotatable bonds is 4. The van der Waals surface area contributed by atoms with E-state index in [9.17, 15) is 0 Å². The molecule has 2 N–H and O–H groups in total. The molecule has 0 saturated carbocycles. The minimum atomic E-state index is 0.00644. The molecule has 0 aliphatic carbocycles. The smallest absolute Gasteiger partial charge is 0.132 e. The lowest BCUT2D eigenvalue weighted by atomic mass is 10.0. The van der Waals surface area contributed by atoms with Crippen molar-refractivity contribution < 1.29 is 4.74 Å². The normalized spacial score (nSPS) is 12.2. The summed E-state index contributed by atoms with van der Waals surface area (Å²) in [5.41, 5.74) is 8.26. The van der Waals surface area contributed by atoms with E-state index < -0.39 is 0 Å². The van der Waals surface area contributed by atoms with Gasteiger partial charge >= 0.3 is 0 Å². The van der Waals surface area contributed by atoms with Crippen molar-refractivity contribution in [2.45, 2.75) is 26.3 Å². The first-order valence-electron chi connectivity index (χ1n) is 6.40. The molecule has 0 spiro atoms. The molecule has 1 atom stereocenters. The molecule has 0 aliphatic heterocycles. The summed E-state index contributed by atoms with van der Waals surface area (Å²) in [7, 11) is 0. The van der Waals surface area contributed by atoms with E-state index in [1.54, 1.807) is 0 Å². The van der Waals surface area contributed by atoms with Gasteiger partial charge < -0.3 is 10.5 Å². The zero-order chi connectivity index (χ0) is 13.8. The van der Waals surface area contributed by atoms with Gasteiger partial charge in [-0.05, 0) is 43.2 Å². The van der Waals surface area contributed by atoms with Gasteiger partial charge in [-0.15, -0.1) is 0 Å². The van der Waals surface area contributed by atoms with Crippen LogP contribution in [0.5, 0.6) is 11.5 Å². The van der Waals surface area contributed by atoms with Gasteiger partial charge in [0, 0.05) is 16.1 Å². The molecule has 0 bridgehead atoms. The number of ether oxygens (including phenoxy) is 1. The second kappa shape index (κ2) is 6.22. The third kappa shape index (κ3) is 3.37. The second-order valence-corrected chi connectivity index (χ2v) is 5.48. The summed E-state index contributed by atoms with van der Waals surface area (Å²) in [6, 6.07) is 13.9. The minimum absolute atomic E-state index is 0.00644. The van der Waals surface area contributed by atoms with Crippen LogP contribution in [0.25, 0.3) is 0 Å². The van der Waals surface area contributed by atoms with Crippen molar-refractivity contribution in [2.24, 2.45) is 5.73 Å². The van der Waals surface area contributed by atoms with Crippen LogP contribution in [0.1, 0.15) is 30.5 Å². The molecule has 0 aliphatic rings. The highest BCUT2D eigenvalue weighted by atomic mass is 79.9. The van der Waals surface area contributed by atoms with Gasteiger partial charge in [0.2, 0.25) is 0 Å². The Morgan fingerprint density at radius 1 is 1.16 bits per heavy atom. The number of halogens is 1. The summed E-state index contributed by atoms with van der Waals surface area (Å²) < 4.78 is 7.07. The van der Waals surface area contributed by atoms with Crippen LogP contribution in [-0.2, 0) is 0 Å². The molecular weight excluding hydrogens is 302 g/mol. The number of hydrogen-bond donors (Lipinski definition) is 1. The van der Waals surface area contributed by atoms with E-state index in [-0.39, 0.29) is 6.04 Å². The van der Waals surface area contributed by atoms with Crippen molar-refractivity contribution >= 4 is 15.9 Å². The van der Waals surface area contributed by atoms with E-state index in [4.69, 9.17) is 10.5 Å². The maximum Gasteiger partial charge on any atom is 0.132 e. The van der Waals surface area contributed by atoms with Crippen molar-refractivity contribution in [3.63, 3.8) is 0 Å². The van der Waals surface area contributed by atoms with Gasteiger partial charge in [0.25, 0.3) is 0 Å². The minimum Gasteiger partial charge on any atom is -0.457 e. The molecule has 0 saturated heterocycles. The van der Waals surface area contributed by atoms with E-state index >= 15 is 0 Å². The van der Waals surface area contributed by atoms with Crippen molar-refractivity contribution in [1.82, 2.24) is 0 Å². The van der Waals surface area contributed by atoms with Gasteiger partial charge in [-0.2, -0.15) is 0 Å². The summed E-state index contributed by atoms with van der Waals surface area (Å²) in [6.45, 7) is 4.11. The van der Waals surface area contributed by atoms with Gasteiger partial charge in [-0.1, -0.05) is 41.1 Å². The topological polar surface area (TPSA) is 35.2 Å². The van der Waals surface area contributed by atoms with Gasteiger partial charge in [0.15, 0.2) is 0 Å². The van der Waals surface area contributed by atoms with Crippen LogP contribution in [0, 0.1) is 6.92 Å². The first-order chi connectivity index (χ1) is 9.11. The van der Waals surface area contributed by atoms with E-state index in [2.05, 4.69) is 22.9 Å². The number of nitrogens with two attached hydrogens (primary N) is 1. The molecule has 2 rings (SSSR count). The monoisotopic (exact) mass is 319 g/mol. The standard InChI is InChI=1S/C16H18BrNO/c1-3-14(18)13-6-4-5-7-16(13)19-15-9-8-12(17)10-11(15)2/h4-10,14H,3,18H2,1-2H3. The number of hydrogen-bond acceptors (Lipinski definition) is 2. The van der Waals surface area contributed by atoms with Gasteiger partial charge in [-0.25, -0.2) is 0 Å². The lowest BCUT2D eigenvalue weighted by Gasteiger charge is -2.16. The molecule has 0 heterocycles. The Hall–Kier alpha value is -1.32. The van der Waals surface area contributed by atoms with E-state index in [1.807, 2.05) is 49.4 Å². The van der Waals surface area contributed by atoms with E-state index in [1.165, 1.54) is 0 Å². The molecule has 1 unspecified atom stereocenters. The first kappa shape index (κ1) is 14.1. The van der Waals surface area contributed by atoms with Crippen LogP contribution >= 0.6 is 15.9 Å². The third-order valence-corrected chi connectivity index (χ3v) is 3.61. The Morgan fingerprint density at radius 3 is 2.58 bits per heavy atom. The maximum atomic E-state index is 6.12. The predicted octanol–water partition coefficient (Wildman–Crippen LogP) is 4.96. The molecule has 3 heteroatoms. The molecule has 2 nitrogen and oxygen atoms in total. The number of benzene rings is 2. The molecule has 2 aromatic rings. The summed E-state index contributed by atoms with van der Waals surface area (Å²) in [5, 5.41) is 0. The van der Waals surface area contributed by atoms with Crippen LogP contribution in [0.15, 0.2) is 46.9 Å². The predicted molar refractivity (Wildman–Crippen MR) is 82.6 cm³/mol. The van der Waals surface area contributed by atoms with Crippen LogP contribution in [0.4, 0.5) is 0 Å². The fraction of sp³-hybridized carbons (Fsp3) is 0.250. The Morgan fingerprint density at radius 2 is 1.89 bits per heavy atom. The van der Waals surface area contributed by atoms with Crippen LogP contribution in [0.2, 0.25) is 0 Å². The maximum absolute atomic E-state index is 6.12. The fourth-order valence-corrected chi connectivity index (χ4v) is 2.42. The Bertz CT molecular complexity index is 568. The average molecular weight is 320 g/mol. The molecule has 0 aromatic heterocycles. The highest BCUT2D eigenvalue weighted by Gasteiger charge is 2.11. The molecule has 0 amide bonds. The first-order valence-corrected chi connectivity index (χ1v) is 7.19. The Labute approximate surface area is 122 Å². The molecular formula is C16H18BrNO. The van der Waals surface area contributed by atoms with Crippen LogP contribution in [0.3, 0.4) is 0 Å². The third-order valence-electron chi connectivity index (χ3n) is 3.12. The Kier molecular flexibility index (Phi) is 4.61. The molecule has 2 aromatic carbocycles. The summed E-state index contributed by atoms with van der Waals surface area (Å²) in [4.78, 5) is 0. The average Bonchev–Trinajstić information content (AvgIpc) is 2.41. The van der Waals surface area contributed by atoms with E-state index in [0.717, 1.165) is 33.5 Å². The lowest BCUT2D eigenvalue weighted by Crippen LogP contribution is -2.09. The van der Waals surface area contributed by atoms with Crippen LogP contribution < -0.4 is 10.5 Å². The number of para-hydroxylation sites is 1. The largest absolute Gasteiger partial charge is 0.457 e. The van der Waals surface area contributed by atoms with E-state index in [0.29, 0.717) is 0 Å². The highest BCUT2D eigenvalue weighted by molar-refractivity contribution is 9.10. The Balaban J connectivity index is 2.33. The van der Waals surface area contributed by atoms with Crippen molar-refractivity contribution in [2.75, 3.05) is 0 Å². The van der Waals surface area contributed by atoms with Crippen molar-refractivity contribution in [3.8, 4) is 11.5 Å². The van der Waals surface area contributed by atoms with Gasteiger partial charge in [0.05, 0.1) is 0 Å². The summed E-state index contributed by atoms with van der Waals surface area (Å²) in [6.07, 6.45) is 0.889. The van der Waals surface area contributed by atoms with Gasteiger partial charge in [-0.3, -0.25) is 0 Å². The number of aryl methyl sites for hydroxylation is 1. The summed E-state index contributed by atoms with van der Waals surface area (Å²) in [5.74, 6) is 1.70. The molecule has 0 fully saturated rings. The fourth-order valence-electron chi connectivity index (χ4n) is 1.95. The van der Waals surface area contributed by atoms with Crippen molar-refractivity contribution in [3.05, 3.63) is 58.1 Å². The summed E-state index contributed by atoms with van der Waals surface area (Å²) >= 11 is 3.46. The second-order valence-electron chi connectivity index (χ2n) is 4.56. The molecule has 100 valence electrons. The van der Waals surface area contributed by atoms with Gasteiger partial charge in [0.1, 0.15) is 11.5 Å². The lowest BCUT2D eigenvalue weighted by molar-refractivity contribution is 0.465. The zero-order valence-electron chi connectivity index (χ0n) is 11.2. The quantitative estimate of drug-likeness (QED) is 0.864. The van der Waals surface area contributed by atoms with Crippen molar-refractivity contribution in [1.29, 1.82) is 0 Å².